The molecule has 6 nitrogen and oxygen atoms in total. The fourth-order valence-corrected chi connectivity index (χ4v) is 4.90. The number of hydrogen-bond donors (Lipinski definition) is 3. The molecular formula is C26H29ClN6. The van der Waals surface area contributed by atoms with Crippen molar-refractivity contribution in [1.82, 2.24) is 20.2 Å². The van der Waals surface area contributed by atoms with Gasteiger partial charge in [0.25, 0.3) is 0 Å². The number of nitrogens with one attached hydrogen (secondary N) is 3. The summed E-state index contributed by atoms with van der Waals surface area (Å²) in [5, 5.41) is 10.7. The summed E-state index contributed by atoms with van der Waals surface area (Å²) in [6, 6.07) is 8.99. The van der Waals surface area contributed by atoms with Crippen LogP contribution in [0.1, 0.15) is 24.1 Å². The van der Waals surface area contributed by atoms with Gasteiger partial charge in [0.05, 0.1) is 23.0 Å². The van der Waals surface area contributed by atoms with Crippen LogP contribution in [0.3, 0.4) is 0 Å². The number of halogens is 1. The molecule has 0 saturated carbocycles. The monoisotopic (exact) mass is 460 g/mol. The van der Waals surface area contributed by atoms with Gasteiger partial charge in [-0.3, -0.25) is 0 Å². The van der Waals surface area contributed by atoms with Crippen molar-refractivity contribution in [3.63, 3.8) is 0 Å². The number of fused-ring (bicyclic) bond motifs is 1. The minimum absolute atomic E-state index is 0.242. The first-order valence-corrected chi connectivity index (χ1v) is 11.8. The Morgan fingerprint density at radius 3 is 2.67 bits per heavy atom. The number of allylic oxidation sites excluding steroid dienone is 2. The Labute approximate surface area is 200 Å². The molecule has 170 valence electrons. The van der Waals surface area contributed by atoms with Gasteiger partial charge in [0.15, 0.2) is 0 Å². The molecule has 3 N–H and O–H groups in total. The normalized spacial score (nSPS) is 21.9. The number of likely N-dealkylation sites (tertiary alicyclic amines) is 1. The van der Waals surface area contributed by atoms with Crippen LogP contribution in [0.15, 0.2) is 67.5 Å². The van der Waals surface area contributed by atoms with Crippen molar-refractivity contribution in [2.75, 3.05) is 30.8 Å². The van der Waals surface area contributed by atoms with E-state index in [0.717, 1.165) is 54.1 Å². The molecular weight excluding hydrogens is 432 g/mol. The molecule has 7 heteroatoms. The molecule has 1 fully saturated rings. The van der Waals surface area contributed by atoms with Gasteiger partial charge in [-0.25, -0.2) is 9.97 Å². The lowest BCUT2D eigenvalue weighted by Crippen LogP contribution is -2.38. The highest BCUT2D eigenvalue weighted by Gasteiger charge is 2.30. The molecule has 33 heavy (non-hydrogen) atoms. The first-order chi connectivity index (χ1) is 16.1. The molecule has 0 spiro atoms. The molecule has 0 amide bonds. The average Bonchev–Trinajstić information content (AvgIpc) is 3.29. The van der Waals surface area contributed by atoms with Crippen LogP contribution in [-0.2, 0) is 0 Å². The fourth-order valence-electron chi connectivity index (χ4n) is 4.70. The summed E-state index contributed by atoms with van der Waals surface area (Å²) in [4.78, 5) is 11.6. The number of hydrogen-bond acceptors (Lipinski definition) is 6. The van der Waals surface area contributed by atoms with Crippen LogP contribution < -0.4 is 16.0 Å². The van der Waals surface area contributed by atoms with Crippen molar-refractivity contribution in [3.05, 3.63) is 83.8 Å². The summed E-state index contributed by atoms with van der Waals surface area (Å²) < 4.78 is 0. The lowest BCUT2D eigenvalue weighted by atomic mass is 9.89. The average molecular weight is 461 g/mol. The van der Waals surface area contributed by atoms with Gasteiger partial charge < -0.3 is 20.9 Å². The highest BCUT2D eigenvalue weighted by Crippen LogP contribution is 2.36. The first-order valence-electron chi connectivity index (χ1n) is 11.4. The Balaban J connectivity index is 1.21. The second-order valence-electron chi connectivity index (χ2n) is 8.66. The van der Waals surface area contributed by atoms with Crippen molar-refractivity contribution < 1.29 is 0 Å². The summed E-state index contributed by atoms with van der Waals surface area (Å²) in [5.74, 6) is 0.876. The molecule has 3 heterocycles. The Kier molecular flexibility index (Phi) is 6.09. The van der Waals surface area contributed by atoms with Crippen molar-refractivity contribution >= 4 is 34.5 Å². The number of aromatic nitrogens is 2. The summed E-state index contributed by atoms with van der Waals surface area (Å²) in [6.07, 6.45) is 14.2. The molecule has 2 atom stereocenters. The minimum Gasteiger partial charge on any atom is -0.388 e. The highest BCUT2D eigenvalue weighted by molar-refractivity contribution is 6.32. The summed E-state index contributed by atoms with van der Waals surface area (Å²) >= 11 is 6.50. The third kappa shape index (κ3) is 4.48. The van der Waals surface area contributed by atoms with Gasteiger partial charge in [0.1, 0.15) is 0 Å². The maximum atomic E-state index is 6.50. The van der Waals surface area contributed by atoms with Crippen LogP contribution in [0.4, 0.5) is 11.6 Å². The number of piperidine rings is 1. The van der Waals surface area contributed by atoms with E-state index in [1.807, 2.05) is 13.2 Å². The van der Waals surface area contributed by atoms with Crippen LogP contribution in [0.25, 0.3) is 11.3 Å². The van der Waals surface area contributed by atoms with Gasteiger partial charge in [-0.2, -0.15) is 0 Å². The van der Waals surface area contributed by atoms with E-state index in [0.29, 0.717) is 17.0 Å². The van der Waals surface area contributed by atoms with Crippen LogP contribution in [0.5, 0.6) is 0 Å². The Morgan fingerprint density at radius 2 is 1.91 bits per heavy atom. The largest absolute Gasteiger partial charge is 0.388 e. The zero-order valence-electron chi connectivity index (χ0n) is 18.8. The van der Waals surface area contributed by atoms with Crippen molar-refractivity contribution in [2.45, 2.75) is 24.9 Å². The third-order valence-corrected chi connectivity index (χ3v) is 6.94. The predicted molar refractivity (Wildman–Crippen MR) is 137 cm³/mol. The van der Waals surface area contributed by atoms with Crippen LogP contribution in [0.2, 0.25) is 5.02 Å². The fraction of sp³-hybridized carbons (Fsp3) is 0.308. The van der Waals surface area contributed by atoms with E-state index < -0.39 is 0 Å². The van der Waals surface area contributed by atoms with Crippen molar-refractivity contribution in [3.8, 4) is 0 Å². The molecule has 5 rings (SSSR count). The smallest absolute Gasteiger partial charge is 0.223 e. The molecule has 2 unspecified atom stereocenters. The van der Waals surface area contributed by atoms with Gasteiger partial charge in [-0.05, 0) is 30.5 Å². The third-order valence-electron chi connectivity index (χ3n) is 6.66. The van der Waals surface area contributed by atoms with Gasteiger partial charge in [0, 0.05) is 55.3 Å². The molecule has 0 bridgehead atoms. The molecule has 1 aromatic heterocycles. The summed E-state index contributed by atoms with van der Waals surface area (Å²) in [7, 11) is 1.93. The molecule has 1 aromatic carbocycles. The van der Waals surface area contributed by atoms with Gasteiger partial charge >= 0.3 is 0 Å². The second kappa shape index (κ2) is 9.32. The number of benzene rings is 1. The topological polar surface area (TPSA) is 65.1 Å². The van der Waals surface area contributed by atoms with Crippen molar-refractivity contribution in [1.29, 1.82) is 0 Å². The maximum Gasteiger partial charge on any atom is 0.223 e. The summed E-state index contributed by atoms with van der Waals surface area (Å²) in [6.45, 7) is 6.23. The van der Waals surface area contributed by atoms with E-state index in [4.69, 9.17) is 16.6 Å². The standard InChI is InChI=1S/C26H29ClN6/c1-17(18-7-9-19(28-2)10-8-18)33-13-11-20(12-14-33)31-26-30-16-23(27)25(32-26)22-15-29-24-6-4-3-5-21(22)24/h3-10,15-16,20-21,24,28-29H,1,11-14H2,2H3,(H,30,31,32). The zero-order chi connectivity index (χ0) is 22.8. The van der Waals surface area contributed by atoms with E-state index >= 15 is 0 Å². The zero-order valence-corrected chi connectivity index (χ0v) is 19.5. The van der Waals surface area contributed by atoms with E-state index in [2.05, 4.69) is 81.0 Å². The van der Waals surface area contributed by atoms with Gasteiger partial charge in [0.2, 0.25) is 5.95 Å². The van der Waals surface area contributed by atoms with E-state index in [1.165, 1.54) is 0 Å². The predicted octanol–water partition coefficient (Wildman–Crippen LogP) is 4.77. The Hall–Kier alpha value is -3.25. The molecule has 2 aliphatic heterocycles. The number of rotatable bonds is 6. The molecule has 1 saturated heterocycles. The van der Waals surface area contributed by atoms with Crippen molar-refractivity contribution in [2.24, 2.45) is 5.92 Å². The second-order valence-corrected chi connectivity index (χ2v) is 9.06. The van der Waals surface area contributed by atoms with Gasteiger partial charge in [-0.1, -0.05) is 54.6 Å². The van der Waals surface area contributed by atoms with Crippen LogP contribution in [0, 0.1) is 5.92 Å². The lowest BCUT2D eigenvalue weighted by Gasteiger charge is -2.35. The molecule has 0 radical (unpaired) electrons. The lowest BCUT2D eigenvalue weighted by molar-refractivity contribution is 0.309. The first kappa shape index (κ1) is 21.6. The number of nitrogens with zero attached hydrogens (tertiary/aromatic N) is 3. The van der Waals surface area contributed by atoms with E-state index in [1.54, 1.807) is 6.20 Å². The van der Waals surface area contributed by atoms with Gasteiger partial charge in [-0.15, -0.1) is 0 Å². The Bertz CT molecular complexity index is 1110. The Morgan fingerprint density at radius 1 is 1.15 bits per heavy atom. The van der Waals surface area contributed by atoms with E-state index in [-0.39, 0.29) is 12.0 Å². The number of anilines is 2. The molecule has 3 aliphatic rings. The molecule has 2 aromatic rings. The maximum absolute atomic E-state index is 6.50. The molecule has 1 aliphatic carbocycles. The van der Waals surface area contributed by atoms with E-state index in [9.17, 15) is 0 Å². The summed E-state index contributed by atoms with van der Waals surface area (Å²) in [5.41, 5.74) is 5.24. The SMILES string of the molecule is C=C(c1ccc(NC)cc1)N1CCC(Nc2ncc(Cl)c(C3=CNC4C=CC=CC34)n2)CC1. The quantitative estimate of drug-likeness (QED) is 0.577. The highest BCUT2D eigenvalue weighted by atomic mass is 35.5. The van der Waals surface area contributed by atoms with Crippen LogP contribution in [-0.4, -0.2) is 47.1 Å². The van der Waals surface area contributed by atoms with Crippen LogP contribution >= 0.6 is 11.6 Å². The minimum atomic E-state index is 0.242.